The van der Waals surface area contributed by atoms with Crippen molar-refractivity contribution in [3.05, 3.63) is 20.3 Å². The van der Waals surface area contributed by atoms with E-state index in [0.717, 1.165) is 6.54 Å². The third kappa shape index (κ3) is 2.81. The molecule has 3 heteroatoms. The zero-order valence-electron chi connectivity index (χ0n) is 9.28. The summed E-state index contributed by atoms with van der Waals surface area (Å²) in [5, 5.41) is 3.21. The summed E-state index contributed by atoms with van der Waals surface area (Å²) in [7, 11) is 2.01. The summed E-state index contributed by atoms with van der Waals surface area (Å²) in [5.41, 5.74) is 0.282. The first-order chi connectivity index (χ1) is 6.47. The first-order valence-electron chi connectivity index (χ1n) is 4.88. The van der Waals surface area contributed by atoms with Crippen molar-refractivity contribution < 1.29 is 0 Å². The smallest absolute Gasteiger partial charge is 0.0314 e. The SMILES string of the molecule is CNCCC(C)(C)c1cc(Br)c(C)s1. The van der Waals surface area contributed by atoms with Crippen LogP contribution in [0.4, 0.5) is 0 Å². The van der Waals surface area contributed by atoms with E-state index >= 15 is 0 Å². The maximum Gasteiger partial charge on any atom is 0.0314 e. The Kier molecular flexibility index (Phi) is 4.16. The lowest BCUT2D eigenvalue weighted by Crippen LogP contribution is -2.22. The van der Waals surface area contributed by atoms with Crippen LogP contribution in [0.1, 0.15) is 30.0 Å². The van der Waals surface area contributed by atoms with Gasteiger partial charge in [-0.05, 0) is 48.9 Å². The number of halogens is 1. The first-order valence-corrected chi connectivity index (χ1v) is 6.49. The lowest BCUT2D eigenvalue weighted by atomic mass is 9.87. The van der Waals surface area contributed by atoms with Gasteiger partial charge in [0.15, 0.2) is 0 Å². The zero-order chi connectivity index (χ0) is 10.8. The molecule has 0 spiro atoms. The largest absolute Gasteiger partial charge is 0.320 e. The molecule has 1 rings (SSSR count). The Balaban J connectivity index is 2.80. The van der Waals surface area contributed by atoms with Crippen LogP contribution in [0.15, 0.2) is 10.5 Å². The molecule has 0 aliphatic carbocycles. The Morgan fingerprint density at radius 3 is 2.57 bits per heavy atom. The summed E-state index contributed by atoms with van der Waals surface area (Å²) in [6.07, 6.45) is 1.18. The fraction of sp³-hybridized carbons (Fsp3) is 0.636. The van der Waals surface area contributed by atoms with Crippen LogP contribution >= 0.6 is 27.3 Å². The maximum atomic E-state index is 3.57. The molecule has 0 bridgehead atoms. The molecule has 0 atom stereocenters. The number of rotatable bonds is 4. The minimum Gasteiger partial charge on any atom is -0.320 e. The second-order valence-electron chi connectivity index (χ2n) is 4.25. The third-order valence-electron chi connectivity index (χ3n) is 2.52. The molecule has 0 aliphatic rings. The molecule has 1 N–H and O–H groups in total. The van der Waals surface area contributed by atoms with E-state index in [2.05, 4.69) is 48.1 Å². The van der Waals surface area contributed by atoms with E-state index in [1.807, 2.05) is 18.4 Å². The van der Waals surface area contributed by atoms with Crippen LogP contribution in [-0.2, 0) is 5.41 Å². The Bertz CT molecular complexity index is 285. The second-order valence-corrected chi connectivity index (χ2v) is 6.36. The Morgan fingerprint density at radius 1 is 1.50 bits per heavy atom. The van der Waals surface area contributed by atoms with Crippen molar-refractivity contribution in [2.24, 2.45) is 0 Å². The fourth-order valence-corrected chi connectivity index (χ4v) is 3.02. The van der Waals surface area contributed by atoms with Gasteiger partial charge in [-0.15, -0.1) is 11.3 Å². The zero-order valence-corrected chi connectivity index (χ0v) is 11.7. The van der Waals surface area contributed by atoms with Gasteiger partial charge in [-0.25, -0.2) is 0 Å². The van der Waals surface area contributed by atoms with Crippen molar-refractivity contribution in [1.29, 1.82) is 0 Å². The van der Waals surface area contributed by atoms with Crippen LogP contribution in [0.25, 0.3) is 0 Å². The van der Waals surface area contributed by atoms with Gasteiger partial charge in [0.2, 0.25) is 0 Å². The molecule has 0 unspecified atom stereocenters. The predicted molar refractivity (Wildman–Crippen MR) is 68.3 cm³/mol. The average Bonchev–Trinajstić information content (AvgIpc) is 2.45. The number of thiophene rings is 1. The van der Waals surface area contributed by atoms with E-state index in [1.54, 1.807) is 0 Å². The van der Waals surface area contributed by atoms with Crippen LogP contribution in [0.2, 0.25) is 0 Å². The van der Waals surface area contributed by atoms with E-state index in [4.69, 9.17) is 0 Å². The molecule has 0 aromatic carbocycles. The Labute approximate surface area is 99.0 Å². The van der Waals surface area contributed by atoms with E-state index < -0.39 is 0 Å². The van der Waals surface area contributed by atoms with Crippen LogP contribution in [0.5, 0.6) is 0 Å². The Morgan fingerprint density at radius 2 is 2.14 bits per heavy atom. The molecule has 1 aromatic rings. The van der Waals surface area contributed by atoms with E-state index in [0.29, 0.717) is 0 Å². The summed E-state index contributed by atoms with van der Waals surface area (Å²) in [6.45, 7) is 7.85. The fourth-order valence-electron chi connectivity index (χ4n) is 1.35. The van der Waals surface area contributed by atoms with Crippen LogP contribution in [-0.4, -0.2) is 13.6 Å². The lowest BCUT2D eigenvalue weighted by molar-refractivity contribution is 0.477. The molecule has 1 heterocycles. The third-order valence-corrected chi connectivity index (χ3v) is 5.03. The molecular formula is C11H18BrNS. The second kappa shape index (κ2) is 4.77. The first kappa shape index (κ1) is 12.2. The minimum atomic E-state index is 0.282. The van der Waals surface area contributed by atoms with Crippen LogP contribution in [0, 0.1) is 6.92 Å². The molecule has 0 amide bonds. The molecule has 80 valence electrons. The van der Waals surface area contributed by atoms with Crippen LogP contribution < -0.4 is 5.32 Å². The normalized spacial score (nSPS) is 12.1. The van der Waals surface area contributed by atoms with Gasteiger partial charge in [-0.2, -0.15) is 0 Å². The molecule has 0 aliphatic heterocycles. The summed E-state index contributed by atoms with van der Waals surface area (Å²) in [4.78, 5) is 2.84. The summed E-state index contributed by atoms with van der Waals surface area (Å²) < 4.78 is 1.25. The number of hydrogen-bond acceptors (Lipinski definition) is 2. The van der Waals surface area contributed by atoms with E-state index in [1.165, 1.54) is 20.6 Å². The van der Waals surface area contributed by atoms with Gasteiger partial charge in [0.25, 0.3) is 0 Å². The van der Waals surface area contributed by atoms with Gasteiger partial charge in [-0.1, -0.05) is 13.8 Å². The van der Waals surface area contributed by atoms with Crippen molar-refractivity contribution in [3.8, 4) is 0 Å². The highest BCUT2D eigenvalue weighted by molar-refractivity contribution is 9.10. The molecule has 0 fully saturated rings. The highest BCUT2D eigenvalue weighted by Gasteiger charge is 2.22. The van der Waals surface area contributed by atoms with Gasteiger partial charge < -0.3 is 5.32 Å². The number of nitrogens with one attached hydrogen (secondary N) is 1. The maximum absolute atomic E-state index is 3.57. The minimum absolute atomic E-state index is 0.282. The van der Waals surface area contributed by atoms with Gasteiger partial charge in [0.05, 0.1) is 0 Å². The monoisotopic (exact) mass is 275 g/mol. The number of hydrogen-bond donors (Lipinski definition) is 1. The lowest BCUT2D eigenvalue weighted by Gasteiger charge is -2.22. The molecular weight excluding hydrogens is 258 g/mol. The van der Waals surface area contributed by atoms with Gasteiger partial charge in [0, 0.05) is 19.6 Å². The van der Waals surface area contributed by atoms with Crippen LogP contribution in [0.3, 0.4) is 0 Å². The average molecular weight is 276 g/mol. The molecule has 0 radical (unpaired) electrons. The topological polar surface area (TPSA) is 12.0 Å². The standard InChI is InChI=1S/C11H18BrNS/c1-8-9(12)7-10(14-8)11(2,3)5-6-13-4/h7,13H,5-6H2,1-4H3. The van der Waals surface area contributed by atoms with Gasteiger partial charge in [0.1, 0.15) is 0 Å². The molecule has 0 saturated heterocycles. The summed E-state index contributed by atoms with van der Waals surface area (Å²) in [6, 6.07) is 2.26. The predicted octanol–water partition coefficient (Wildman–Crippen LogP) is 3.71. The molecule has 0 saturated carbocycles. The number of aryl methyl sites for hydroxylation is 1. The van der Waals surface area contributed by atoms with E-state index in [9.17, 15) is 0 Å². The van der Waals surface area contributed by atoms with Crippen molar-refractivity contribution in [2.75, 3.05) is 13.6 Å². The summed E-state index contributed by atoms with van der Waals surface area (Å²) in [5.74, 6) is 0. The Hall–Kier alpha value is 0.140. The van der Waals surface area contributed by atoms with E-state index in [-0.39, 0.29) is 5.41 Å². The van der Waals surface area contributed by atoms with Gasteiger partial charge >= 0.3 is 0 Å². The summed E-state index contributed by atoms with van der Waals surface area (Å²) >= 11 is 5.47. The van der Waals surface area contributed by atoms with Crippen molar-refractivity contribution in [1.82, 2.24) is 5.32 Å². The van der Waals surface area contributed by atoms with Crippen molar-refractivity contribution >= 4 is 27.3 Å². The molecule has 1 aromatic heterocycles. The molecule has 1 nitrogen and oxygen atoms in total. The molecule has 14 heavy (non-hydrogen) atoms. The highest BCUT2D eigenvalue weighted by atomic mass is 79.9. The van der Waals surface area contributed by atoms with Crippen molar-refractivity contribution in [3.63, 3.8) is 0 Å². The quantitative estimate of drug-likeness (QED) is 0.884. The van der Waals surface area contributed by atoms with Gasteiger partial charge in [-0.3, -0.25) is 0 Å². The van der Waals surface area contributed by atoms with Crippen molar-refractivity contribution in [2.45, 2.75) is 32.6 Å². The highest BCUT2D eigenvalue weighted by Crippen LogP contribution is 2.36.